The van der Waals surface area contributed by atoms with Crippen LogP contribution in [0.15, 0.2) is 12.3 Å². The van der Waals surface area contributed by atoms with E-state index in [4.69, 9.17) is 0 Å². The molecule has 1 saturated heterocycles. The van der Waals surface area contributed by atoms with E-state index in [0.717, 1.165) is 6.42 Å². The van der Waals surface area contributed by atoms with E-state index in [1.165, 1.54) is 5.69 Å². The molecule has 1 aliphatic heterocycles. The fourth-order valence-electron chi connectivity index (χ4n) is 2.07. The first-order chi connectivity index (χ1) is 7.12. The second-order valence-corrected chi connectivity index (χ2v) is 6.31. The second kappa shape index (κ2) is 3.96. The Morgan fingerprint density at radius 2 is 2.13 bits per heavy atom. The van der Waals surface area contributed by atoms with E-state index < -0.39 is 9.84 Å². The second-order valence-electron chi connectivity index (χ2n) is 4.00. The molecule has 0 unspecified atom stereocenters. The highest BCUT2D eigenvalue weighted by atomic mass is 32.2. The van der Waals surface area contributed by atoms with E-state index in [9.17, 15) is 8.42 Å². The van der Waals surface area contributed by atoms with Crippen molar-refractivity contribution in [1.29, 1.82) is 0 Å². The molecule has 2 rings (SSSR count). The van der Waals surface area contributed by atoms with Gasteiger partial charge in [0.15, 0.2) is 0 Å². The molecule has 0 spiro atoms. The smallest absolute Gasteiger partial charge is 0.150 e. The summed E-state index contributed by atoms with van der Waals surface area (Å²) in [6.07, 6.45) is 4.15. The Labute approximate surface area is 90.2 Å². The SMILES string of the molecule is CCc1ccnn1C1CCS(=O)(=O)CC1. The van der Waals surface area contributed by atoms with Crippen LogP contribution in [0.3, 0.4) is 0 Å². The van der Waals surface area contributed by atoms with Crippen molar-refractivity contribution in [3.63, 3.8) is 0 Å². The highest BCUT2D eigenvalue weighted by molar-refractivity contribution is 7.91. The van der Waals surface area contributed by atoms with Gasteiger partial charge in [0.1, 0.15) is 9.84 Å². The minimum Gasteiger partial charge on any atom is -0.266 e. The minimum atomic E-state index is -2.77. The quantitative estimate of drug-likeness (QED) is 0.764. The molecule has 5 heteroatoms. The average Bonchev–Trinajstić information content (AvgIpc) is 2.65. The zero-order valence-electron chi connectivity index (χ0n) is 8.89. The van der Waals surface area contributed by atoms with Gasteiger partial charge in [-0.1, -0.05) is 6.92 Å². The summed E-state index contributed by atoms with van der Waals surface area (Å²) in [6, 6.07) is 2.28. The van der Waals surface area contributed by atoms with Gasteiger partial charge in [-0.3, -0.25) is 4.68 Å². The number of aromatic nitrogens is 2. The van der Waals surface area contributed by atoms with Crippen molar-refractivity contribution in [2.24, 2.45) is 0 Å². The molecule has 0 radical (unpaired) electrons. The van der Waals surface area contributed by atoms with Crippen LogP contribution in [0.2, 0.25) is 0 Å². The molecule has 1 aromatic heterocycles. The maximum absolute atomic E-state index is 11.3. The molecule has 4 nitrogen and oxygen atoms in total. The molecule has 1 fully saturated rings. The monoisotopic (exact) mass is 228 g/mol. The number of sulfone groups is 1. The van der Waals surface area contributed by atoms with Gasteiger partial charge >= 0.3 is 0 Å². The molecule has 0 amide bonds. The third kappa shape index (κ3) is 2.22. The molecule has 1 aliphatic rings. The van der Waals surface area contributed by atoms with Crippen molar-refractivity contribution in [1.82, 2.24) is 9.78 Å². The molecular formula is C10H16N2O2S. The fourth-order valence-corrected chi connectivity index (χ4v) is 3.54. The Morgan fingerprint density at radius 3 is 2.73 bits per heavy atom. The molecule has 0 aromatic carbocycles. The largest absolute Gasteiger partial charge is 0.266 e. The van der Waals surface area contributed by atoms with Gasteiger partial charge in [-0.25, -0.2) is 8.42 Å². The van der Waals surface area contributed by atoms with Gasteiger partial charge in [-0.2, -0.15) is 5.10 Å². The third-order valence-corrected chi connectivity index (χ3v) is 4.70. The Balaban J connectivity index is 2.14. The summed E-state index contributed by atoms with van der Waals surface area (Å²) in [5, 5.41) is 4.28. The van der Waals surface area contributed by atoms with E-state index >= 15 is 0 Å². The van der Waals surface area contributed by atoms with Crippen molar-refractivity contribution >= 4 is 9.84 Å². The van der Waals surface area contributed by atoms with Crippen LogP contribution in [-0.4, -0.2) is 29.7 Å². The number of hydrogen-bond acceptors (Lipinski definition) is 3. The minimum absolute atomic E-state index is 0.276. The topological polar surface area (TPSA) is 52.0 Å². The first kappa shape index (κ1) is 10.7. The summed E-state index contributed by atoms with van der Waals surface area (Å²) < 4.78 is 24.6. The maximum Gasteiger partial charge on any atom is 0.150 e. The summed E-state index contributed by atoms with van der Waals surface area (Å²) >= 11 is 0. The standard InChI is InChI=1S/C10H16N2O2S/c1-2-9-3-6-11-12(9)10-4-7-15(13,14)8-5-10/h3,6,10H,2,4-5,7-8H2,1H3. The van der Waals surface area contributed by atoms with Gasteiger partial charge < -0.3 is 0 Å². The lowest BCUT2D eigenvalue weighted by atomic mass is 10.1. The first-order valence-electron chi connectivity index (χ1n) is 5.35. The van der Waals surface area contributed by atoms with Crippen LogP contribution in [0.4, 0.5) is 0 Å². The van der Waals surface area contributed by atoms with Crippen LogP contribution >= 0.6 is 0 Å². The van der Waals surface area contributed by atoms with Crippen LogP contribution in [0, 0.1) is 0 Å². The fraction of sp³-hybridized carbons (Fsp3) is 0.700. The maximum atomic E-state index is 11.3. The third-order valence-electron chi connectivity index (χ3n) is 2.98. The van der Waals surface area contributed by atoms with Crippen molar-refractivity contribution in [2.75, 3.05) is 11.5 Å². The molecule has 0 aliphatic carbocycles. The summed E-state index contributed by atoms with van der Waals surface area (Å²) in [5.41, 5.74) is 1.19. The van der Waals surface area contributed by atoms with Gasteiger partial charge in [0.05, 0.1) is 17.5 Å². The van der Waals surface area contributed by atoms with E-state index in [1.807, 2.05) is 10.7 Å². The number of hydrogen-bond donors (Lipinski definition) is 0. The number of nitrogens with zero attached hydrogens (tertiary/aromatic N) is 2. The lowest BCUT2D eigenvalue weighted by Crippen LogP contribution is -2.26. The predicted molar refractivity (Wildman–Crippen MR) is 58.5 cm³/mol. The van der Waals surface area contributed by atoms with E-state index in [1.54, 1.807) is 6.20 Å². The Morgan fingerprint density at radius 1 is 1.47 bits per heavy atom. The van der Waals surface area contributed by atoms with Crippen LogP contribution in [0.1, 0.15) is 31.5 Å². The van der Waals surface area contributed by atoms with Crippen LogP contribution < -0.4 is 0 Å². The van der Waals surface area contributed by atoms with E-state index in [-0.39, 0.29) is 6.04 Å². The summed E-state index contributed by atoms with van der Waals surface area (Å²) in [7, 11) is -2.77. The summed E-state index contributed by atoms with van der Waals surface area (Å²) in [6.45, 7) is 2.09. The average molecular weight is 228 g/mol. The van der Waals surface area contributed by atoms with Crippen molar-refractivity contribution in [3.8, 4) is 0 Å². The van der Waals surface area contributed by atoms with Gasteiger partial charge in [-0.05, 0) is 25.3 Å². The first-order valence-corrected chi connectivity index (χ1v) is 7.17. The molecular weight excluding hydrogens is 212 g/mol. The Hall–Kier alpha value is -0.840. The summed E-state index contributed by atoms with van der Waals surface area (Å²) in [5.74, 6) is 0.612. The molecule has 2 heterocycles. The normalized spacial score (nSPS) is 21.7. The van der Waals surface area contributed by atoms with Crippen molar-refractivity contribution in [3.05, 3.63) is 18.0 Å². The Kier molecular flexibility index (Phi) is 2.82. The lowest BCUT2D eigenvalue weighted by Gasteiger charge is -2.23. The number of rotatable bonds is 2. The molecule has 84 valence electrons. The van der Waals surface area contributed by atoms with E-state index in [2.05, 4.69) is 12.0 Å². The highest BCUT2D eigenvalue weighted by Crippen LogP contribution is 2.24. The molecule has 0 saturated carbocycles. The molecule has 0 atom stereocenters. The van der Waals surface area contributed by atoms with Crippen LogP contribution in [-0.2, 0) is 16.3 Å². The lowest BCUT2D eigenvalue weighted by molar-refractivity contribution is 0.402. The highest BCUT2D eigenvalue weighted by Gasteiger charge is 2.25. The van der Waals surface area contributed by atoms with Crippen molar-refractivity contribution in [2.45, 2.75) is 32.2 Å². The molecule has 15 heavy (non-hydrogen) atoms. The van der Waals surface area contributed by atoms with Gasteiger partial charge in [0.2, 0.25) is 0 Å². The zero-order valence-corrected chi connectivity index (χ0v) is 9.70. The predicted octanol–water partition coefficient (Wildman–Crippen LogP) is 1.20. The number of aryl methyl sites for hydroxylation is 1. The van der Waals surface area contributed by atoms with Gasteiger partial charge in [0, 0.05) is 11.9 Å². The van der Waals surface area contributed by atoms with Crippen molar-refractivity contribution < 1.29 is 8.42 Å². The Bertz CT molecular complexity index is 422. The van der Waals surface area contributed by atoms with Gasteiger partial charge in [-0.15, -0.1) is 0 Å². The zero-order chi connectivity index (χ0) is 10.9. The van der Waals surface area contributed by atoms with Gasteiger partial charge in [0.25, 0.3) is 0 Å². The molecule has 1 aromatic rings. The molecule has 0 bridgehead atoms. The molecule has 0 N–H and O–H groups in total. The van der Waals surface area contributed by atoms with Crippen LogP contribution in [0.25, 0.3) is 0 Å². The van der Waals surface area contributed by atoms with Crippen LogP contribution in [0.5, 0.6) is 0 Å². The summed E-state index contributed by atoms with van der Waals surface area (Å²) in [4.78, 5) is 0. The van der Waals surface area contributed by atoms with E-state index in [0.29, 0.717) is 24.3 Å².